The largest absolute Gasteiger partial charge is 0.364 e. The Bertz CT molecular complexity index is 940. The van der Waals surface area contributed by atoms with Crippen LogP contribution >= 0.6 is 0 Å². The molecule has 9 nitrogen and oxygen atoms in total. The predicted octanol–water partition coefficient (Wildman–Crippen LogP) is 0.769. The van der Waals surface area contributed by atoms with Gasteiger partial charge in [-0.25, -0.2) is 8.42 Å². The molecule has 1 saturated heterocycles. The molecule has 0 aliphatic carbocycles. The number of hydrogen-bond acceptors (Lipinski definition) is 6. The van der Waals surface area contributed by atoms with Gasteiger partial charge >= 0.3 is 0 Å². The average Bonchev–Trinajstić information content (AvgIpc) is 3.21. The summed E-state index contributed by atoms with van der Waals surface area (Å²) in [6.45, 7) is 2.44. The highest BCUT2D eigenvalue weighted by atomic mass is 32.2. The number of piperazine rings is 1. The first kappa shape index (κ1) is 19.9. The second-order valence-electron chi connectivity index (χ2n) is 6.34. The summed E-state index contributed by atoms with van der Waals surface area (Å²) in [6, 6.07) is 11.0. The Morgan fingerprint density at radius 1 is 1.25 bits per heavy atom. The van der Waals surface area contributed by atoms with Crippen LogP contribution in [0.2, 0.25) is 0 Å². The second kappa shape index (κ2) is 8.86. The molecular formula is C18H22N6O3S. The molecular weight excluding hydrogens is 380 g/mol. The summed E-state index contributed by atoms with van der Waals surface area (Å²) >= 11 is 0. The molecule has 2 heterocycles. The number of hydrogen-bond donors (Lipinski definition) is 1. The molecule has 2 aromatic rings. The Morgan fingerprint density at radius 3 is 2.54 bits per heavy atom. The van der Waals surface area contributed by atoms with E-state index in [0.717, 1.165) is 11.5 Å². The number of nitriles is 1. The summed E-state index contributed by atoms with van der Waals surface area (Å²) < 4.78 is 31.2. The number of sulfonamides is 1. The summed E-state index contributed by atoms with van der Waals surface area (Å²) in [7, 11) is -1.72. The van der Waals surface area contributed by atoms with Gasteiger partial charge in [0, 0.05) is 45.8 Å². The molecule has 10 heteroatoms. The van der Waals surface area contributed by atoms with E-state index in [9.17, 15) is 8.42 Å². The summed E-state index contributed by atoms with van der Waals surface area (Å²) in [5.74, 6) is 0.563. The lowest BCUT2D eigenvalue weighted by Crippen LogP contribution is -2.53. The lowest BCUT2D eigenvalue weighted by atomic mass is 10.1. The van der Waals surface area contributed by atoms with Gasteiger partial charge in [-0.15, -0.1) is 0 Å². The van der Waals surface area contributed by atoms with Crippen molar-refractivity contribution in [3.05, 3.63) is 53.4 Å². The average molecular weight is 402 g/mol. The highest BCUT2D eigenvalue weighted by Crippen LogP contribution is 2.13. The van der Waals surface area contributed by atoms with Gasteiger partial charge in [0.05, 0.1) is 17.3 Å². The standard InChI is InChI=1S/C18H22N6O3S/c1-20-18(21-13-16-4-2-15(12-19)3-5-16)23-7-9-24(10-8-23)28(25,26)14-17-6-11-27-22-17/h2-6,11H,7-10,13-14H2,1H3,(H,20,21). The van der Waals surface area contributed by atoms with Crippen LogP contribution in [0.4, 0.5) is 0 Å². The third-order valence-corrected chi connectivity index (χ3v) is 6.31. The zero-order chi connectivity index (χ0) is 20.0. The van der Waals surface area contributed by atoms with Gasteiger partial charge < -0.3 is 14.7 Å². The van der Waals surface area contributed by atoms with E-state index in [1.807, 2.05) is 17.0 Å². The molecule has 0 atom stereocenters. The highest BCUT2D eigenvalue weighted by Gasteiger charge is 2.28. The minimum Gasteiger partial charge on any atom is -0.364 e. The van der Waals surface area contributed by atoms with Crippen LogP contribution in [0.1, 0.15) is 16.8 Å². The van der Waals surface area contributed by atoms with Crippen molar-refractivity contribution in [3.63, 3.8) is 0 Å². The number of nitrogens with one attached hydrogen (secondary N) is 1. The lowest BCUT2D eigenvalue weighted by molar-refractivity contribution is 0.259. The van der Waals surface area contributed by atoms with Crippen molar-refractivity contribution < 1.29 is 12.9 Å². The van der Waals surface area contributed by atoms with Crippen molar-refractivity contribution >= 4 is 16.0 Å². The third-order valence-electron chi connectivity index (χ3n) is 4.50. The molecule has 0 radical (unpaired) electrons. The van der Waals surface area contributed by atoms with Gasteiger partial charge in [0.15, 0.2) is 5.96 Å². The van der Waals surface area contributed by atoms with Crippen LogP contribution < -0.4 is 5.32 Å². The van der Waals surface area contributed by atoms with Crippen LogP contribution in [0.3, 0.4) is 0 Å². The molecule has 0 saturated carbocycles. The Hall–Kier alpha value is -2.90. The Labute approximate surface area is 164 Å². The van der Waals surface area contributed by atoms with E-state index in [4.69, 9.17) is 9.78 Å². The molecule has 1 fully saturated rings. The number of aliphatic imine (C=N–C) groups is 1. The maximum absolute atomic E-state index is 12.5. The van der Waals surface area contributed by atoms with E-state index in [1.165, 1.54) is 10.6 Å². The van der Waals surface area contributed by atoms with Gasteiger partial charge in [-0.2, -0.15) is 9.57 Å². The molecule has 148 valence electrons. The number of aromatic nitrogens is 1. The zero-order valence-electron chi connectivity index (χ0n) is 15.6. The quantitative estimate of drug-likeness (QED) is 0.580. The van der Waals surface area contributed by atoms with Crippen molar-refractivity contribution in [1.82, 2.24) is 19.7 Å². The molecule has 1 aliphatic heterocycles. The van der Waals surface area contributed by atoms with Crippen molar-refractivity contribution in [2.75, 3.05) is 33.2 Å². The summed E-state index contributed by atoms with van der Waals surface area (Å²) in [6.07, 6.45) is 1.37. The predicted molar refractivity (Wildman–Crippen MR) is 104 cm³/mol. The Kier molecular flexibility index (Phi) is 6.28. The molecule has 0 spiro atoms. The van der Waals surface area contributed by atoms with E-state index in [1.54, 1.807) is 25.2 Å². The first-order valence-corrected chi connectivity index (χ1v) is 10.4. The van der Waals surface area contributed by atoms with E-state index in [-0.39, 0.29) is 5.75 Å². The molecule has 0 unspecified atom stereocenters. The van der Waals surface area contributed by atoms with E-state index >= 15 is 0 Å². The fourth-order valence-corrected chi connectivity index (χ4v) is 4.40. The third kappa shape index (κ3) is 4.88. The molecule has 1 aliphatic rings. The monoisotopic (exact) mass is 402 g/mol. The first-order valence-electron chi connectivity index (χ1n) is 8.83. The zero-order valence-corrected chi connectivity index (χ0v) is 16.4. The van der Waals surface area contributed by atoms with E-state index < -0.39 is 10.0 Å². The fourth-order valence-electron chi connectivity index (χ4n) is 2.98. The van der Waals surface area contributed by atoms with Crippen molar-refractivity contribution in [1.29, 1.82) is 5.26 Å². The van der Waals surface area contributed by atoms with E-state index in [0.29, 0.717) is 44.0 Å². The molecule has 0 bridgehead atoms. The summed E-state index contributed by atoms with van der Waals surface area (Å²) in [5.41, 5.74) is 2.06. The van der Waals surface area contributed by atoms with Crippen LogP contribution in [-0.4, -0.2) is 62.0 Å². The Balaban J connectivity index is 1.53. The molecule has 0 amide bonds. The van der Waals surface area contributed by atoms with Gasteiger partial charge in [0.2, 0.25) is 10.0 Å². The maximum Gasteiger partial charge on any atom is 0.220 e. The second-order valence-corrected chi connectivity index (χ2v) is 8.31. The van der Waals surface area contributed by atoms with Gasteiger partial charge in [0.1, 0.15) is 12.0 Å². The minimum atomic E-state index is -3.43. The topological polar surface area (TPSA) is 115 Å². The summed E-state index contributed by atoms with van der Waals surface area (Å²) in [5, 5.41) is 15.8. The van der Waals surface area contributed by atoms with Crippen molar-refractivity contribution in [2.45, 2.75) is 12.3 Å². The van der Waals surface area contributed by atoms with Gasteiger partial charge in [-0.3, -0.25) is 4.99 Å². The van der Waals surface area contributed by atoms with Gasteiger partial charge in [-0.05, 0) is 17.7 Å². The number of nitrogens with zero attached hydrogens (tertiary/aromatic N) is 5. The van der Waals surface area contributed by atoms with Crippen molar-refractivity contribution in [2.24, 2.45) is 4.99 Å². The molecule has 1 aromatic carbocycles. The van der Waals surface area contributed by atoms with E-state index in [2.05, 4.69) is 21.5 Å². The SMILES string of the molecule is CN=C(NCc1ccc(C#N)cc1)N1CCN(S(=O)(=O)Cc2ccon2)CC1. The van der Waals surface area contributed by atoms with Crippen LogP contribution in [0.15, 0.2) is 46.1 Å². The minimum absolute atomic E-state index is 0.158. The molecule has 3 rings (SSSR count). The lowest BCUT2D eigenvalue weighted by Gasteiger charge is -2.35. The van der Waals surface area contributed by atoms with Gasteiger partial charge in [0.25, 0.3) is 0 Å². The number of benzene rings is 1. The van der Waals surface area contributed by atoms with Gasteiger partial charge in [-0.1, -0.05) is 17.3 Å². The normalized spacial score (nSPS) is 16.0. The van der Waals surface area contributed by atoms with Crippen LogP contribution in [-0.2, 0) is 22.3 Å². The fraction of sp³-hybridized carbons (Fsp3) is 0.389. The van der Waals surface area contributed by atoms with Crippen LogP contribution in [0.5, 0.6) is 0 Å². The highest BCUT2D eigenvalue weighted by molar-refractivity contribution is 7.88. The maximum atomic E-state index is 12.5. The van der Waals surface area contributed by atoms with Crippen LogP contribution in [0, 0.1) is 11.3 Å². The van der Waals surface area contributed by atoms with Crippen LogP contribution in [0.25, 0.3) is 0 Å². The molecule has 1 N–H and O–H groups in total. The first-order chi connectivity index (χ1) is 13.5. The number of rotatable bonds is 5. The molecule has 28 heavy (non-hydrogen) atoms. The molecule has 1 aromatic heterocycles. The Morgan fingerprint density at radius 2 is 1.96 bits per heavy atom. The summed E-state index contributed by atoms with van der Waals surface area (Å²) in [4.78, 5) is 6.33. The van der Waals surface area contributed by atoms with Crippen molar-refractivity contribution in [3.8, 4) is 6.07 Å². The number of guanidine groups is 1. The smallest absolute Gasteiger partial charge is 0.220 e.